The van der Waals surface area contributed by atoms with Crippen LogP contribution in [0.1, 0.15) is 47.0 Å². The molecule has 0 saturated carbocycles. The monoisotopic (exact) mass is 296 g/mol. The molecule has 0 aliphatic heterocycles. The number of carboxylic acid groups (broad SMARTS) is 1. The Morgan fingerprint density at radius 2 is 2.00 bits per heavy atom. The maximum absolute atomic E-state index is 10.6. The van der Waals surface area contributed by atoms with Crippen LogP contribution in [0.4, 0.5) is 0 Å². The number of nitrogens with zero attached hydrogens (tertiary/aromatic N) is 1. The third kappa shape index (κ3) is 7.44. The molecule has 1 aliphatic carbocycles. The van der Waals surface area contributed by atoms with Crippen molar-refractivity contribution < 1.29 is 9.90 Å². The van der Waals surface area contributed by atoms with E-state index in [1.165, 1.54) is 11.1 Å². The second kappa shape index (κ2) is 10.6. The molecule has 2 atom stereocenters. The van der Waals surface area contributed by atoms with Gasteiger partial charge in [-0.2, -0.15) is 0 Å². The zero-order chi connectivity index (χ0) is 16.4. The molecule has 0 aromatic heterocycles. The summed E-state index contributed by atoms with van der Waals surface area (Å²) < 4.78 is 0. The van der Waals surface area contributed by atoms with Gasteiger partial charge in [-0.05, 0) is 40.3 Å². The van der Waals surface area contributed by atoms with Crippen LogP contribution in [0.15, 0.2) is 23.3 Å². The first-order chi connectivity index (χ1) is 9.91. The molecule has 4 nitrogen and oxygen atoms in total. The average Bonchev–Trinajstić information content (AvgIpc) is 2.77. The third-order valence-electron chi connectivity index (χ3n) is 3.89. The van der Waals surface area contributed by atoms with Gasteiger partial charge in [0.05, 0.1) is 0 Å². The molecule has 4 heteroatoms. The zero-order valence-corrected chi connectivity index (χ0v) is 14.2. The van der Waals surface area contributed by atoms with E-state index in [4.69, 9.17) is 10.8 Å². The van der Waals surface area contributed by atoms with E-state index in [9.17, 15) is 4.79 Å². The van der Waals surface area contributed by atoms with Crippen molar-refractivity contribution in [2.24, 2.45) is 11.7 Å². The lowest BCUT2D eigenvalue weighted by Gasteiger charge is -2.21. The molecule has 0 aromatic carbocycles. The van der Waals surface area contributed by atoms with Crippen LogP contribution in [0, 0.1) is 5.92 Å². The van der Waals surface area contributed by atoms with E-state index in [1.54, 1.807) is 0 Å². The van der Waals surface area contributed by atoms with E-state index in [1.807, 2.05) is 13.8 Å². The Hall–Kier alpha value is -1.13. The molecule has 122 valence electrons. The lowest BCUT2D eigenvalue weighted by molar-refractivity contribution is -0.138. The van der Waals surface area contributed by atoms with Gasteiger partial charge < -0.3 is 15.7 Å². The first-order valence-electron chi connectivity index (χ1n) is 7.94. The summed E-state index contributed by atoms with van der Waals surface area (Å²) >= 11 is 0. The maximum atomic E-state index is 10.6. The molecule has 21 heavy (non-hydrogen) atoms. The van der Waals surface area contributed by atoms with Crippen molar-refractivity contribution in [2.75, 3.05) is 20.1 Å². The van der Waals surface area contributed by atoms with Gasteiger partial charge in [0.15, 0.2) is 0 Å². The Balaban J connectivity index is 0.00000191. The minimum Gasteiger partial charge on any atom is -0.480 e. The molecule has 0 amide bonds. The molecule has 1 aliphatic rings. The first kappa shape index (κ1) is 19.9. The largest absolute Gasteiger partial charge is 0.480 e. The van der Waals surface area contributed by atoms with Crippen LogP contribution < -0.4 is 5.73 Å². The van der Waals surface area contributed by atoms with E-state index < -0.39 is 12.0 Å². The molecule has 0 heterocycles. The number of allylic oxidation sites excluding steroid dienone is 2. The highest BCUT2D eigenvalue weighted by Crippen LogP contribution is 2.25. The van der Waals surface area contributed by atoms with E-state index >= 15 is 0 Å². The van der Waals surface area contributed by atoms with Crippen molar-refractivity contribution in [3.05, 3.63) is 23.3 Å². The fourth-order valence-corrected chi connectivity index (χ4v) is 2.32. The number of carbonyl (C=O) groups is 1. The Labute approximate surface area is 129 Å². The topological polar surface area (TPSA) is 66.6 Å². The number of aliphatic carboxylic acids is 1. The number of rotatable bonds is 8. The van der Waals surface area contributed by atoms with Crippen LogP contribution in [-0.4, -0.2) is 42.2 Å². The summed E-state index contributed by atoms with van der Waals surface area (Å²) in [5.74, 6) is -0.369. The molecule has 0 aromatic rings. The Bertz CT molecular complexity index is 375. The fraction of sp³-hybridized carbons (Fsp3) is 0.706. The van der Waals surface area contributed by atoms with E-state index in [2.05, 4.69) is 37.9 Å². The quantitative estimate of drug-likeness (QED) is 0.676. The minimum absolute atomic E-state index is 0.534. The lowest BCUT2D eigenvalue weighted by atomic mass is 10.0. The van der Waals surface area contributed by atoms with Crippen LogP contribution in [-0.2, 0) is 4.79 Å². The summed E-state index contributed by atoms with van der Waals surface area (Å²) in [5.41, 5.74) is 8.31. The van der Waals surface area contributed by atoms with Crippen molar-refractivity contribution in [3.8, 4) is 0 Å². The summed E-state index contributed by atoms with van der Waals surface area (Å²) in [6.45, 7) is 10.4. The van der Waals surface area contributed by atoms with Crippen LogP contribution in [0.2, 0.25) is 0 Å². The lowest BCUT2D eigenvalue weighted by Crippen LogP contribution is -2.30. The summed E-state index contributed by atoms with van der Waals surface area (Å²) in [7, 11) is 2.12. The minimum atomic E-state index is -0.902. The van der Waals surface area contributed by atoms with Crippen LogP contribution >= 0.6 is 0 Å². The summed E-state index contributed by atoms with van der Waals surface area (Å²) in [5, 5.41) is 8.69. The summed E-state index contributed by atoms with van der Waals surface area (Å²) in [6, 6.07) is -0.712. The van der Waals surface area contributed by atoms with Gasteiger partial charge in [0.25, 0.3) is 0 Å². The second-order valence-electron chi connectivity index (χ2n) is 5.53. The van der Waals surface area contributed by atoms with Crippen molar-refractivity contribution in [3.63, 3.8) is 0 Å². The van der Waals surface area contributed by atoms with E-state index in [0.717, 1.165) is 25.9 Å². The van der Waals surface area contributed by atoms with Crippen molar-refractivity contribution >= 4 is 5.97 Å². The van der Waals surface area contributed by atoms with Gasteiger partial charge in [-0.3, -0.25) is 4.79 Å². The molecule has 1 unspecified atom stereocenters. The molecule has 0 bridgehead atoms. The zero-order valence-electron chi connectivity index (χ0n) is 14.2. The molecule has 0 spiro atoms. The van der Waals surface area contributed by atoms with Gasteiger partial charge in [-0.15, -0.1) is 0 Å². The normalized spacial score (nSPS) is 18.7. The van der Waals surface area contributed by atoms with Crippen molar-refractivity contribution in [1.82, 2.24) is 4.90 Å². The highest BCUT2D eigenvalue weighted by atomic mass is 16.4. The summed E-state index contributed by atoms with van der Waals surface area (Å²) in [6.07, 6.45) is 6.88. The maximum Gasteiger partial charge on any atom is 0.320 e. The SMILES string of the molecule is CC.CC1=C(C)C(CN(C)CCCC[C@H](N)C(=O)O)C=C1. The van der Waals surface area contributed by atoms with Gasteiger partial charge in [-0.1, -0.05) is 43.6 Å². The second-order valence-corrected chi connectivity index (χ2v) is 5.53. The van der Waals surface area contributed by atoms with Gasteiger partial charge >= 0.3 is 5.97 Å². The fourth-order valence-electron chi connectivity index (χ4n) is 2.32. The molecule has 1 rings (SSSR count). The van der Waals surface area contributed by atoms with Gasteiger partial charge in [0.1, 0.15) is 6.04 Å². The standard InChI is InChI=1S/C15H26N2O2.C2H6/c1-11-7-8-13(12(11)2)10-17(3)9-5-4-6-14(16)15(18)19;1-2/h7-8,13-14H,4-6,9-10,16H2,1-3H3,(H,18,19);1-2H3/t13?,14-;/m0./s1. The van der Waals surface area contributed by atoms with Gasteiger partial charge in [-0.25, -0.2) is 0 Å². The van der Waals surface area contributed by atoms with Crippen LogP contribution in [0.25, 0.3) is 0 Å². The first-order valence-corrected chi connectivity index (χ1v) is 7.94. The van der Waals surface area contributed by atoms with Crippen LogP contribution in [0.5, 0.6) is 0 Å². The van der Waals surface area contributed by atoms with Crippen molar-refractivity contribution in [2.45, 2.75) is 53.0 Å². The number of hydrogen-bond acceptors (Lipinski definition) is 3. The molecule has 0 radical (unpaired) electrons. The third-order valence-corrected chi connectivity index (χ3v) is 3.89. The Morgan fingerprint density at radius 1 is 1.38 bits per heavy atom. The number of unbranched alkanes of at least 4 members (excludes halogenated alkanes) is 1. The Kier molecular flexibility index (Phi) is 10.0. The number of nitrogens with two attached hydrogens (primary N) is 1. The number of hydrogen-bond donors (Lipinski definition) is 2. The van der Waals surface area contributed by atoms with Gasteiger partial charge in [0, 0.05) is 12.5 Å². The summed E-state index contributed by atoms with van der Waals surface area (Å²) in [4.78, 5) is 12.9. The average molecular weight is 296 g/mol. The highest BCUT2D eigenvalue weighted by molar-refractivity contribution is 5.72. The molecule has 0 saturated heterocycles. The van der Waals surface area contributed by atoms with E-state index in [0.29, 0.717) is 12.3 Å². The smallest absolute Gasteiger partial charge is 0.320 e. The van der Waals surface area contributed by atoms with E-state index in [-0.39, 0.29) is 0 Å². The molecular formula is C17H32N2O2. The molecular weight excluding hydrogens is 264 g/mol. The predicted molar refractivity (Wildman–Crippen MR) is 89.3 cm³/mol. The Morgan fingerprint density at radius 3 is 2.48 bits per heavy atom. The molecule has 0 fully saturated rings. The number of carboxylic acids is 1. The van der Waals surface area contributed by atoms with Crippen molar-refractivity contribution in [1.29, 1.82) is 0 Å². The highest BCUT2D eigenvalue weighted by Gasteiger charge is 2.16. The van der Waals surface area contributed by atoms with Gasteiger partial charge in [0.2, 0.25) is 0 Å². The van der Waals surface area contributed by atoms with Crippen LogP contribution in [0.3, 0.4) is 0 Å². The predicted octanol–water partition coefficient (Wildman–Crippen LogP) is 3.05. The molecule has 3 N–H and O–H groups in total.